The minimum Gasteiger partial charge on any atom is -0.507 e. The first-order chi connectivity index (χ1) is 10.9. The van der Waals surface area contributed by atoms with Crippen LogP contribution in [-0.2, 0) is 0 Å². The maximum absolute atomic E-state index is 12.1. The molecule has 0 aliphatic rings. The number of methoxy groups -OCH3 is 1. The second kappa shape index (κ2) is 7.34. The number of hydrogen-bond acceptors (Lipinski definition) is 4. The monoisotopic (exact) mass is 398 g/mol. The molecule has 0 bridgehead atoms. The number of nitrogens with one attached hydrogen (secondary N) is 2. The lowest BCUT2D eigenvalue weighted by Crippen LogP contribution is -2.41. The van der Waals surface area contributed by atoms with E-state index in [0.29, 0.717) is 9.50 Å². The first kappa shape index (κ1) is 17.1. The molecule has 2 rings (SSSR count). The minimum atomic E-state index is -0.656. The van der Waals surface area contributed by atoms with Crippen molar-refractivity contribution in [2.24, 2.45) is 0 Å². The average molecular weight is 400 g/mol. The molecule has 3 N–H and O–H groups in total. The van der Waals surface area contributed by atoms with Gasteiger partial charge in [-0.1, -0.05) is 27.5 Å². The number of ether oxygens (including phenoxy) is 1. The third kappa shape index (κ3) is 4.14. The van der Waals surface area contributed by atoms with E-state index in [1.54, 1.807) is 6.07 Å². The van der Waals surface area contributed by atoms with E-state index in [-0.39, 0.29) is 22.6 Å². The Morgan fingerprint density at radius 2 is 1.70 bits per heavy atom. The quantitative estimate of drug-likeness (QED) is 0.693. The van der Waals surface area contributed by atoms with Gasteiger partial charge in [0.05, 0.1) is 18.2 Å². The minimum absolute atomic E-state index is 0.0246. The molecule has 0 atom stereocenters. The number of amides is 2. The van der Waals surface area contributed by atoms with Gasteiger partial charge in [0.15, 0.2) is 0 Å². The Balaban J connectivity index is 2.08. The molecule has 2 amide bonds. The molecule has 0 aromatic heterocycles. The van der Waals surface area contributed by atoms with Crippen molar-refractivity contribution < 1.29 is 19.4 Å². The van der Waals surface area contributed by atoms with Gasteiger partial charge in [0, 0.05) is 9.50 Å². The van der Waals surface area contributed by atoms with Crippen molar-refractivity contribution in [3.05, 3.63) is 57.0 Å². The molecule has 6 nitrogen and oxygen atoms in total. The van der Waals surface area contributed by atoms with Crippen molar-refractivity contribution in [2.75, 3.05) is 7.11 Å². The average Bonchev–Trinajstić information content (AvgIpc) is 2.52. The SMILES string of the molecule is COc1cc(Cl)ccc1C(=O)NNC(=O)c1ccc(Br)cc1O. The third-order valence-corrected chi connectivity index (χ3v) is 3.63. The lowest BCUT2D eigenvalue weighted by Gasteiger charge is -2.11. The van der Waals surface area contributed by atoms with E-state index in [4.69, 9.17) is 16.3 Å². The van der Waals surface area contributed by atoms with E-state index in [0.717, 1.165) is 0 Å². The van der Waals surface area contributed by atoms with Crippen LogP contribution >= 0.6 is 27.5 Å². The Morgan fingerprint density at radius 3 is 2.30 bits per heavy atom. The number of phenols is 1. The second-order valence-electron chi connectivity index (χ2n) is 4.41. The summed E-state index contributed by atoms with van der Waals surface area (Å²) in [6.45, 7) is 0. The maximum Gasteiger partial charge on any atom is 0.273 e. The van der Waals surface area contributed by atoms with Crippen LogP contribution in [0, 0.1) is 0 Å². The number of halogens is 2. The number of carbonyl (C=O) groups is 2. The number of hydrogen-bond donors (Lipinski definition) is 3. The summed E-state index contributed by atoms with van der Waals surface area (Å²) >= 11 is 9.00. The molecular formula is C15H12BrClN2O4. The van der Waals surface area contributed by atoms with Gasteiger partial charge in [-0.2, -0.15) is 0 Å². The normalized spacial score (nSPS) is 10.0. The zero-order valence-corrected chi connectivity index (χ0v) is 14.2. The molecule has 0 unspecified atom stereocenters. The number of hydrazine groups is 1. The Bertz CT molecular complexity index is 767. The maximum atomic E-state index is 12.1. The molecule has 2 aromatic rings. The fourth-order valence-corrected chi connectivity index (χ4v) is 2.31. The highest BCUT2D eigenvalue weighted by molar-refractivity contribution is 9.10. The lowest BCUT2D eigenvalue weighted by atomic mass is 10.2. The predicted molar refractivity (Wildman–Crippen MR) is 88.7 cm³/mol. The molecule has 0 spiro atoms. The molecule has 8 heteroatoms. The van der Waals surface area contributed by atoms with Crippen LogP contribution in [-0.4, -0.2) is 24.0 Å². The van der Waals surface area contributed by atoms with E-state index in [1.807, 2.05) is 0 Å². The molecule has 0 radical (unpaired) electrons. The fraction of sp³-hybridized carbons (Fsp3) is 0.0667. The van der Waals surface area contributed by atoms with Gasteiger partial charge in [0.25, 0.3) is 11.8 Å². The molecule has 23 heavy (non-hydrogen) atoms. The van der Waals surface area contributed by atoms with Crippen molar-refractivity contribution in [1.82, 2.24) is 10.9 Å². The Kier molecular flexibility index (Phi) is 5.46. The van der Waals surface area contributed by atoms with Crippen LogP contribution in [0.4, 0.5) is 0 Å². The Labute approximate surface area is 145 Å². The zero-order chi connectivity index (χ0) is 17.0. The van der Waals surface area contributed by atoms with Gasteiger partial charge in [-0.15, -0.1) is 0 Å². The number of rotatable bonds is 3. The Morgan fingerprint density at radius 1 is 1.09 bits per heavy atom. The van der Waals surface area contributed by atoms with Gasteiger partial charge in [-0.3, -0.25) is 20.4 Å². The molecule has 120 valence electrons. The summed E-state index contributed by atoms with van der Waals surface area (Å²) < 4.78 is 5.69. The molecule has 0 saturated heterocycles. The van der Waals surface area contributed by atoms with Gasteiger partial charge < -0.3 is 9.84 Å². The van der Waals surface area contributed by atoms with Gasteiger partial charge in [0.1, 0.15) is 11.5 Å². The van der Waals surface area contributed by atoms with Crippen molar-refractivity contribution in [1.29, 1.82) is 0 Å². The van der Waals surface area contributed by atoms with Crippen LogP contribution in [0.1, 0.15) is 20.7 Å². The summed E-state index contributed by atoms with van der Waals surface area (Å²) in [5.41, 5.74) is 4.70. The molecule has 0 saturated carbocycles. The summed E-state index contributed by atoms with van der Waals surface area (Å²) in [5.74, 6) is -1.18. The largest absolute Gasteiger partial charge is 0.507 e. The Hall–Kier alpha value is -2.25. The predicted octanol–water partition coefficient (Wildman–Crippen LogP) is 2.89. The second-order valence-corrected chi connectivity index (χ2v) is 5.77. The van der Waals surface area contributed by atoms with Gasteiger partial charge in [-0.05, 0) is 36.4 Å². The smallest absolute Gasteiger partial charge is 0.273 e. The van der Waals surface area contributed by atoms with Crippen LogP contribution in [0.2, 0.25) is 5.02 Å². The molecule has 0 aliphatic heterocycles. The zero-order valence-electron chi connectivity index (χ0n) is 11.9. The van der Waals surface area contributed by atoms with Gasteiger partial charge >= 0.3 is 0 Å². The lowest BCUT2D eigenvalue weighted by molar-refractivity contribution is 0.0843. The van der Waals surface area contributed by atoms with E-state index in [2.05, 4.69) is 26.8 Å². The first-order valence-electron chi connectivity index (χ1n) is 6.35. The number of carbonyl (C=O) groups excluding carboxylic acids is 2. The topological polar surface area (TPSA) is 87.7 Å². The van der Waals surface area contributed by atoms with E-state index >= 15 is 0 Å². The van der Waals surface area contributed by atoms with Crippen molar-refractivity contribution in [3.8, 4) is 11.5 Å². The highest BCUT2D eigenvalue weighted by Crippen LogP contribution is 2.23. The molecule has 2 aromatic carbocycles. The van der Waals surface area contributed by atoms with E-state index < -0.39 is 11.8 Å². The summed E-state index contributed by atoms with van der Waals surface area (Å²) in [5, 5.41) is 10.1. The van der Waals surface area contributed by atoms with Crippen molar-refractivity contribution in [3.63, 3.8) is 0 Å². The van der Waals surface area contributed by atoms with Crippen LogP contribution in [0.15, 0.2) is 40.9 Å². The summed E-state index contributed by atoms with van der Waals surface area (Å²) in [4.78, 5) is 24.1. The number of phenolic OH excluding ortho intramolecular Hbond substituents is 1. The third-order valence-electron chi connectivity index (χ3n) is 2.90. The highest BCUT2D eigenvalue weighted by Gasteiger charge is 2.15. The first-order valence-corrected chi connectivity index (χ1v) is 7.52. The van der Waals surface area contributed by atoms with Crippen LogP contribution in [0.25, 0.3) is 0 Å². The summed E-state index contributed by atoms with van der Waals surface area (Å²) in [6.07, 6.45) is 0. The number of aromatic hydroxyl groups is 1. The molecule has 0 aliphatic carbocycles. The van der Waals surface area contributed by atoms with E-state index in [1.165, 1.54) is 37.4 Å². The fourth-order valence-electron chi connectivity index (χ4n) is 1.80. The summed E-state index contributed by atoms with van der Waals surface area (Å²) in [7, 11) is 1.40. The van der Waals surface area contributed by atoms with Crippen LogP contribution in [0.5, 0.6) is 11.5 Å². The standard InChI is InChI=1S/C15H12BrClN2O4/c1-23-13-7-9(17)3-5-11(13)15(22)19-18-14(21)10-4-2-8(16)6-12(10)20/h2-7,20H,1H3,(H,18,21)(H,19,22). The van der Waals surface area contributed by atoms with E-state index in [9.17, 15) is 14.7 Å². The van der Waals surface area contributed by atoms with Crippen molar-refractivity contribution >= 4 is 39.3 Å². The van der Waals surface area contributed by atoms with Crippen LogP contribution in [0.3, 0.4) is 0 Å². The van der Waals surface area contributed by atoms with Crippen molar-refractivity contribution in [2.45, 2.75) is 0 Å². The summed E-state index contributed by atoms with van der Waals surface area (Å²) in [6, 6.07) is 8.88. The van der Waals surface area contributed by atoms with Gasteiger partial charge in [-0.25, -0.2) is 0 Å². The molecule has 0 heterocycles. The van der Waals surface area contributed by atoms with Crippen LogP contribution < -0.4 is 15.6 Å². The van der Waals surface area contributed by atoms with Gasteiger partial charge in [0.2, 0.25) is 0 Å². The number of benzene rings is 2. The molecule has 0 fully saturated rings. The molecular weight excluding hydrogens is 388 g/mol. The highest BCUT2D eigenvalue weighted by atomic mass is 79.9.